The van der Waals surface area contributed by atoms with E-state index in [0.717, 1.165) is 42.1 Å². The van der Waals surface area contributed by atoms with Gasteiger partial charge in [0.05, 0.1) is 6.61 Å². The predicted molar refractivity (Wildman–Crippen MR) is 104 cm³/mol. The Kier molecular flexibility index (Phi) is 5.98. The zero-order valence-corrected chi connectivity index (χ0v) is 15.8. The second-order valence-corrected chi connectivity index (χ2v) is 7.36. The number of fused-ring (bicyclic) bond motifs is 1. The molecule has 0 unspecified atom stereocenters. The van der Waals surface area contributed by atoms with Crippen molar-refractivity contribution in [2.24, 2.45) is 5.92 Å². The first-order chi connectivity index (χ1) is 13.7. The van der Waals surface area contributed by atoms with Crippen LogP contribution in [0.25, 0.3) is 0 Å². The Balaban J connectivity index is 1.49. The molecule has 0 aliphatic carbocycles. The summed E-state index contributed by atoms with van der Waals surface area (Å²) in [5, 5.41) is 12.6. The minimum Gasteiger partial charge on any atom is -0.493 e. The molecule has 2 heterocycles. The Morgan fingerprint density at radius 3 is 2.71 bits per heavy atom. The van der Waals surface area contributed by atoms with Gasteiger partial charge in [-0.3, -0.25) is 0 Å². The van der Waals surface area contributed by atoms with Crippen molar-refractivity contribution in [3.63, 3.8) is 0 Å². The topological polar surface area (TPSA) is 60.0 Å². The molecule has 2 aliphatic rings. The lowest BCUT2D eigenvalue weighted by molar-refractivity contribution is 0.173. The Morgan fingerprint density at radius 2 is 1.93 bits per heavy atom. The fourth-order valence-corrected chi connectivity index (χ4v) is 4.01. The van der Waals surface area contributed by atoms with E-state index in [1.807, 2.05) is 24.3 Å². The van der Waals surface area contributed by atoms with Gasteiger partial charge < -0.3 is 24.6 Å². The largest absolute Gasteiger partial charge is 0.493 e. The van der Waals surface area contributed by atoms with E-state index < -0.39 is 0 Å². The number of ether oxygens (including phenoxy) is 3. The first-order valence-electron chi connectivity index (χ1n) is 9.87. The predicted octanol–water partition coefficient (Wildman–Crippen LogP) is 3.25. The summed E-state index contributed by atoms with van der Waals surface area (Å²) in [6.07, 6.45) is 2.38. The Bertz CT molecular complexity index is 796. The summed E-state index contributed by atoms with van der Waals surface area (Å²) in [4.78, 5) is 0. The van der Waals surface area contributed by atoms with Crippen molar-refractivity contribution in [2.45, 2.75) is 25.2 Å². The van der Waals surface area contributed by atoms with Crippen LogP contribution in [0.4, 0.5) is 4.39 Å². The molecule has 2 aromatic carbocycles. The van der Waals surface area contributed by atoms with Crippen LogP contribution in [-0.2, 0) is 6.42 Å². The average Bonchev–Trinajstić information content (AvgIpc) is 3.18. The summed E-state index contributed by atoms with van der Waals surface area (Å²) in [6.45, 7) is 2.72. The molecule has 0 bridgehead atoms. The van der Waals surface area contributed by atoms with E-state index >= 15 is 0 Å². The third-order valence-corrected chi connectivity index (χ3v) is 5.52. The van der Waals surface area contributed by atoms with E-state index in [4.69, 9.17) is 14.2 Å². The smallest absolute Gasteiger partial charge is 0.231 e. The number of hydrogen-bond acceptors (Lipinski definition) is 5. The lowest BCUT2D eigenvalue weighted by Crippen LogP contribution is -2.38. The fraction of sp³-hybridized carbons (Fsp3) is 0.455. The maximum absolute atomic E-state index is 13.3. The van der Waals surface area contributed by atoms with Gasteiger partial charge in [0.2, 0.25) is 6.79 Å². The van der Waals surface area contributed by atoms with Crippen molar-refractivity contribution < 1.29 is 23.7 Å². The number of aliphatic hydroxyl groups excluding tert-OH is 1. The van der Waals surface area contributed by atoms with E-state index in [0.29, 0.717) is 31.1 Å². The van der Waals surface area contributed by atoms with E-state index in [2.05, 4.69) is 5.32 Å². The molecule has 2 atom stereocenters. The Labute approximate surface area is 164 Å². The first kappa shape index (κ1) is 19.0. The molecule has 1 fully saturated rings. The summed E-state index contributed by atoms with van der Waals surface area (Å²) in [6, 6.07) is 10.7. The van der Waals surface area contributed by atoms with Crippen molar-refractivity contribution in [3.8, 4) is 17.2 Å². The molecule has 0 spiro atoms. The SMILES string of the molecule is OCCCc1cc2c(cc1OC[C@@H]1CNCC[C@H]1c1ccc(F)cc1)OCO2. The van der Waals surface area contributed by atoms with Crippen LogP contribution in [0.15, 0.2) is 36.4 Å². The van der Waals surface area contributed by atoms with Crippen LogP contribution < -0.4 is 19.5 Å². The van der Waals surface area contributed by atoms with Crippen LogP contribution in [0.5, 0.6) is 17.2 Å². The highest BCUT2D eigenvalue weighted by Crippen LogP contribution is 2.39. The Morgan fingerprint density at radius 1 is 1.14 bits per heavy atom. The highest BCUT2D eigenvalue weighted by atomic mass is 19.1. The number of aliphatic hydroxyl groups is 1. The quantitative estimate of drug-likeness (QED) is 0.764. The molecule has 28 heavy (non-hydrogen) atoms. The molecular formula is C22H26FNO4. The van der Waals surface area contributed by atoms with Crippen molar-refractivity contribution >= 4 is 0 Å². The molecule has 5 nitrogen and oxygen atoms in total. The number of nitrogens with one attached hydrogen (secondary N) is 1. The van der Waals surface area contributed by atoms with Crippen molar-refractivity contribution in [2.75, 3.05) is 33.1 Å². The minimum absolute atomic E-state index is 0.132. The van der Waals surface area contributed by atoms with Gasteiger partial charge in [-0.25, -0.2) is 4.39 Å². The lowest BCUT2D eigenvalue weighted by atomic mass is 9.81. The maximum Gasteiger partial charge on any atom is 0.231 e. The Hall–Kier alpha value is -2.31. The molecular weight excluding hydrogens is 361 g/mol. The number of piperidine rings is 1. The number of benzene rings is 2. The number of rotatable bonds is 7. The summed E-state index contributed by atoms with van der Waals surface area (Å²) >= 11 is 0. The van der Waals surface area contributed by atoms with Gasteiger partial charge in [-0.15, -0.1) is 0 Å². The number of hydrogen-bond donors (Lipinski definition) is 2. The van der Waals surface area contributed by atoms with Crippen LogP contribution in [0.3, 0.4) is 0 Å². The molecule has 4 rings (SSSR count). The summed E-state index contributed by atoms with van der Waals surface area (Å²) in [5.41, 5.74) is 2.17. The molecule has 1 saturated heterocycles. The maximum atomic E-state index is 13.3. The standard InChI is InChI=1S/C22H26FNO4/c23-18-5-3-15(4-6-18)19-7-8-24-12-17(19)13-26-20-11-22-21(27-14-28-22)10-16(20)2-1-9-25/h3-6,10-11,17,19,24-25H,1-2,7-9,12-14H2/t17-,19-/m0/s1. The molecule has 6 heteroatoms. The average molecular weight is 387 g/mol. The molecule has 0 saturated carbocycles. The van der Waals surface area contributed by atoms with Gasteiger partial charge in [0.25, 0.3) is 0 Å². The van der Waals surface area contributed by atoms with Gasteiger partial charge in [-0.2, -0.15) is 0 Å². The molecule has 2 N–H and O–H groups in total. The molecule has 0 aromatic heterocycles. The van der Waals surface area contributed by atoms with Gasteiger partial charge in [0.15, 0.2) is 11.5 Å². The summed E-state index contributed by atoms with van der Waals surface area (Å²) < 4.78 is 30.5. The molecule has 150 valence electrons. The van der Waals surface area contributed by atoms with Crippen molar-refractivity contribution in [3.05, 3.63) is 53.3 Å². The summed E-state index contributed by atoms with van der Waals surface area (Å²) in [7, 11) is 0. The number of aryl methyl sites for hydroxylation is 1. The zero-order valence-electron chi connectivity index (χ0n) is 15.8. The molecule has 2 aromatic rings. The van der Waals surface area contributed by atoms with Crippen LogP contribution >= 0.6 is 0 Å². The van der Waals surface area contributed by atoms with Crippen LogP contribution in [0.2, 0.25) is 0 Å². The van der Waals surface area contributed by atoms with Crippen LogP contribution in [0.1, 0.15) is 29.9 Å². The van der Waals surface area contributed by atoms with Crippen LogP contribution in [-0.4, -0.2) is 38.2 Å². The van der Waals surface area contributed by atoms with E-state index in [1.54, 1.807) is 0 Å². The highest BCUT2D eigenvalue weighted by molar-refractivity contribution is 5.52. The fourth-order valence-electron chi connectivity index (χ4n) is 4.01. The monoisotopic (exact) mass is 387 g/mol. The van der Waals surface area contributed by atoms with Gasteiger partial charge in [0.1, 0.15) is 11.6 Å². The second kappa shape index (κ2) is 8.80. The zero-order chi connectivity index (χ0) is 19.3. The van der Waals surface area contributed by atoms with E-state index in [-0.39, 0.29) is 25.1 Å². The van der Waals surface area contributed by atoms with Gasteiger partial charge in [-0.05, 0) is 61.1 Å². The highest BCUT2D eigenvalue weighted by Gasteiger charge is 2.28. The van der Waals surface area contributed by atoms with E-state index in [1.165, 1.54) is 12.1 Å². The molecule has 0 amide bonds. The van der Waals surface area contributed by atoms with E-state index in [9.17, 15) is 9.50 Å². The second-order valence-electron chi connectivity index (χ2n) is 7.36. The van der Waals surface area contributed by atoms with Crippen LogP contribution in [0, 0.1) is 11.7 Å². The van der Waals surface area contributed by atoms with Crippen molar-refractivity contribution in [1.82, 2.24) is 5.32 Å². The third kappa shape index (κ3) is 4.23. The lowest BCUT2D eigenvalue weighted by Gasteiger charge is -2.32. The summed E-state index contributed by atoms with van der Waals surface area (Å²) in [5.74, 6) is 2.61. The first-order valence-corrected chi connectivity index (χ1v) is 9.87. The normalized spacial score (nSPS) is 20.9. The van der Waals surface area contributed by atoms with Gasteiger partial charge in [0, 0.05) is 25.1 Å². The number of halogens is 1. The third-order valence-electron chi connectivity index (χ3n) is 5.52. The van der Waals surface area contributed by atoms with Gasteiger partial charge >= 0.3 is 0 Å². The molecule has 0 radical (unpaired) electrons. The molecule has 2 aliphatic heterocycles. The van der Waals surface area contributed by atoms with Gasteiger partial charge in [-0.1, -0.05) is 12.1 Å². The minimum atomic E-state index is -0.209. The van der Waals surface area contributed by atoms with Crippen molar-refractivity contribution in [1.29, 1.82) is 0 Å².